The van der Waals surface area contributed by atoms with Gasteiger partial charge in [-0.15, -0.1) is 0 Å². The Hall–Kier alpha value is -1.39. The third kappa shape index (κ3) is 3.93. The Labute approximate surface area is 139 Å². The van der Waals surface area contributed by atoms with Gasteiger partial charge in [0.05, 0.1) is 12.0 Å². The Morgan fingerprint density at radius 3 is 2.57 bits per heavy atom. The average Bonchev–Trinajstić information content (AvgIpc) is 2.61. The number of likely N-dealkylation sites (tertiary alicyclic amines) is 1. The third-order valence-electron chi connectivity index (χ3n) is 5.40. The SMILES string of the molecule is C[C@@H](C(=O)N1CCC(C2CC(N)CCO2)CC1)c1ccccc1. The van der Waals surface area contributed by atoms with Crippen LogP contribution in [-0.2, 0) is 9.53 Å². The van der Waals surface area contributed by atoms with Crippen LogP contribution in [0.3, 0.4) is 0 Å². The minimum Gasteiger partial charge on any atom is -0.378 e. The highest BCUT2D eigenvalue weighted by Gasteiger charge is 2.33. The van der Waals surface area contributed by atoms with E-state index in [-0.39, 0.29) is 17.9 Å². The van der Waals surface area contributed by atoms with E-state index in [1.165, 1.54) is 0 Å². The van der Waals surface area contributed by atoms with E-state index >= 15 is 0 Å². The fourth-order valence-electron chi connectivity index (χ4n) is 3.83. The lowest BCUT2D eigenvalue weighted by atomic mass is 9.85. The summed E-state index contributed by atoms with van der Waals surface area (Å²) in [4.78, 5) is 14.7. The predicted octanol–water partition coefficient (Wildman–Crippen LogP) is 2.54. The predicted molar refractivity (Wildman–Crippen MR) is 91.1 cm³/mol. The molecule has 23 heavy (non-hydrogen) atoms. The van der Waals surface area contributed by atoms with Crippen molar-refractivity contribution in [2.75, 3.05) is 19.7 Å². The van der Waals surface area contributed by atoms with Crippen LogP contribution < -0.4 is 5.73 Å². The summed E-state index contributed by atoms with van der Waals surface area (Å²) in [7, 11) is 0. The molecule has 2 fully saturated rings. The fourth-order valence-corrected chi connectivity index (χ4v) is 3.83. The minimum absolute atomic E-state index is 0.0629. The number of carbonyl (C=O) groups is 1. The smallest absolute Gasteiger partial charge is 0.229 e. The van der Waals surface area contributed by atoms with Crippen molar-refractivity contribution in [3.05, 3.63) is 35.9 Å². The number of piperidine rings is 1. The Kier molecular flexibility index (Phi) is 5.34. The van der Waals surface area contributed by atoms with Gasteiger partial charge in [0.25, 0.3) is 0 Å². The summed E-state index contributed by atoms with van der Waals surface area (Å²) in [5.41, 5.74) is 7.17. The zero-order chi connectivity index (χ0) is 16.2. The minimum atomic E-state index is -0.0629. The second-order valence-electron chi connectivity index (χ2n) is 6.99. The molecule has 1 amide bonds. The van der Waals surface area contributed by atoms with E-state index < -0.39 is 0 Å². The summed E-state index contributed by atoms with van der Waals surface area (Å²) in [5.74, 6) is 0.737. The third-order valence-corrected chi connectivity index (χ3v) is 5.40. The van der Waals surface area contributed by atoms with E-state index in [1.807, 2.05) is 42.2 Å². The van der Waals surface area contributed by atoms with Gasteiger partial charge in [0.15, 0.2) is 0 Å². The quantitative estimate of drug-likeness (QED) is 0.932. The molecular weight excluding hydrogens is 288 g/mol. The molecule has 3 rings (SSSR count). The normalized spacial score (nSPS) is 27.7. The number of rotatable bonds is 3. The largest absolute Gasteiger partial charge is 0.378 e. The molecular formula is C19H28N2O2. The van der Waals surface area contributed by atoms with Gasteiger partial charge in [0.2, 0.25) is 5.91 Å². The van der Waals surface area contributed by atoms with Crippen molar-refractivity contribution in [2.45, 2.75) is 50.7 Å². The molecule has 1 aromatic rings. The Morgan fingerprint density at radius 2 is 1.91 bits per heavy atom. The van der Waals surface area contributed by atoms with Gasteiger partial charge < -0.3 is 15.4 Å². The van der Waals surface area contributed by atoms with Gasteiger partial charge in [-0.25, -0.2) is 0 Å². The first-order valence-electron chi connectivity index (χ1n) is 8.86. The zero-order valence-corrected chi connectivity index (χ0v) is 14.0. The Balaban J connectivity index is 1.53. The standard InChI is InChI=1S/C19H28N2O2/c1-14(15-5-3-2-4-6-15)19(22)21-10-7-16(8-11-21)18-13-17(20)9-12-23-18/h2-6,14,16-18H,7-13,20H2,1H3/t14-,17?,18?/m1/s1. The van der Waals surface area contributed by atoms with Gasteiger partial charge in [-0.2, -0.15) is 0 Å². The Morgan fingerprint density at radius 1 is 1.22 bits per heavy atom. The van der Waals surface area contributed by atoms with Gasteiger partial charge in [-0.05, 0) is 44.1 Å². The molecule has 1 aromatic carbocycles. The lowest BCUT2D eigenvalue weighted by Crippen LogP contribution is -2.46. The molecule has 4 heteroatoms. The number of nitrogens with zero attached hydrogens (tertiary/aromatic N) is 1. The van der Waals surface area contributed by atoms with E-state index in [0.717, 1.165) is 50.9 Å². The van der Waals surface area contributed by atoms with Crippen LogP contribution in [0.25, 0.3) is 0 Å². The molecule has 2 N–H and O–H groups in total. The van der Waals surface area contributed by atoms with E-state index in [1.54, 1.807) is 0 Å². The summed E-state index contributed by atoms with van der Waals surface area (Å²) < 4.78 is 5.92. The topological polar surface area (TPSA) is 55.6 Å². The van der Waals surface area contributed by atoms with E-state index in [9.17, 15) is 4.79 Å². The average molecular weight is 316 g/mol. The highest BCUT2D eigenvalue weighted by atomic mass is 16.5. The van der Waals surface area contributed by atoms with Crippen LogP contribution in [-0.4, -0.2) is 42.6 Å². The van der Waals surface area contributed by atoms with Crippen molar-refractivity contribution in [1.82, 2.24) is 4.90 Å². The molecule has 0 spiro atoms. The maximum atomic E-state index is 12.7. The van der Waals surface area contributed by atoms with E-state index in [4.69, 9.17) is 10.5 Å². The van der Waals surface area contributed by atoms with Crippen molar-refractivity contribution < 1.29 is 9.53 Å². The van der Waals surface area contributed by atoms with Crippen LogP contribution in [0.2, 0.25) is 0 Å². The molecule has 3 atom stereocenters. The van der Waals surface area contributed by atoms with Crippen LogP contribution in [0.1, 0.15) is 44.1 Å². The molecule has 2 unspecified atom stereocenters. The second-order valence-corrected chi connectivity index (χ2v) is 6.99. The summed E-state index contributed by atoms with van der Waals surface area (Å²) in [6, 6.07) is 10.3. The Bertz CT molecular complexity index is 511. The molecule has 0 aliphatic carbocycles. The molecule has 0 radical (unpaired) electrons. The van der Waals surface area contributed by atoms with Gasteiger partial charge in [-0.1, -0.05) is 30.3 Å². The van der Waals surface area contributed by atoms with E-state index in [2.05, 4.69) is 0 Å². The van der Waals surface area contributed by atoms with Crippen LogP contribution in [0, 0.1) is 5.92 Å². The van der Waals surface area contributed by atoms with Gasteiger partial charge in [0, 0.05) is 25.7 Å². The summed E-state index contributed by atoms with van der Waals surface area (Å²) in [5, 5.41) is 0. The number of hydrogen-bond acceptors (Lipinski definition) is 3. The molecule has 0 aromatic heterocycles. The first-order valence-corrected chi connectivity index (χ1v) is 8.86. The van der Waals surface area contributed by atoms with E-state index in [0.29, 0.717) is 12.0 Å². The van der Waals surface area contributed by atoms with Crippen molar-refractivity contribution in [2.24, 2.45) is 11.7 Å². The fraction of sp³-hybridized carbons (Fsp3) is 0.632. The summed E-state index contributed by atoms with van der Waals surface area (Å²) in [6.07, 6.45) is 4.30. The van der Waals surface area contributed by atoms with Gasteiger partial charge in [0.1, 0.15) is 0 Å². The molecule has 2 aliphatic rings. The molecule has 0 bridgehead atoms. The van der Waals surface area contributed by atoms with Gasteiger partial charge in [-0.3, -0.25) is 4.79 Å². The monoisotopic (exact) mass is 316 g/mol. The summed E-state index contributed by atoms with van der Waals surface area (Å²) in [6.45, 7) is 4.48. The van der Waals surface area contributed by atoms with Crippen LogP contribution >= 0.6 is 0 Å². The van der Waals surface area contributed by atoms with Crippen LogP contribution in [0.5, 0.6) is 0 Å². The number of amides is 1. The first kappa shape index (κ1) is 16.5. The molecule has 2 heterocycles. The molecule has 126 valence electrons. The maximum Gasteiger partial charge on any atom is 0.229 e. The molecule has 2 saturated heterocycles. The van der Waals surface area contributed by atoms with Crippen LogP contribution in [0.15, 0.2) is 30.3 Å². The van der Waals surface area contributed by atoms with Crippen molar-refractivity contribution in [3.63, 3.8) is 0 Å². The number of benzene rings is 1. The summed E-state index contributed by atoms with van der Waals surface area (Å²) >= 11 is 0. The van der Waals surface area contributed by atoms with Crippen molar-refractivity contribution in [3.8, 4) is 0 Å². The zero-order valence-electron chi connectivity index (χ0n) is 14.0. The maximum absolute atomic E-state index is 12.7. The lowest BCUT2D eigenvalue weighted by molar-refractivity contribution is -0.135. The van der Waals surface area contributed by atoms with Crippen LogP contribution in [0.4, 0.5) is 0 Å². The molecule has 0 saturated carbocycles. The molecule has 4 nitrogen and oxygen atoms in total. The lowest BCUT2D eigenvalue weighted by Gasteiger charge is -2.39. The highest BCUT2D eigenvalue weighted by Crippen LogP contribution is 2.29. The second kappa shape index (κ2) is 7.45. The van der Waals surface area contributed by atoms with Crippen molar-refractivity contribution in [1.29, 1.82) is 0 Å². The number of carbonyl (C=O) groups excluding carboxylic acids is 1. The highest BCUT2D eigenvalue weighted by molar-refractivity contribution is 5.83. The first-order chi connectivity index (χ1) is 11.1. The van der Waals surface area contributed by atoms with Gasteiger partial charge >= 0.3 is 0 Å². The number of nitrogens with two attached hydrogens (primary N) is 1. The number of hydrogen-bond donors (Lipinski definition) is 1. The number of ether oxygens (including phenoxy) is 1. The molecule has 2 aliphatic heterocycles. The van der Waals surface area contributed by atoms with Crippen molar-refractivity contribution >= 4 is 5.91 Å².